The van der Waals surface area contributed by atoms with Crippen LogP contribution in [0.1, 0.15) is 48.5 Å². The molecule has 3 heteroatoms. The van der Waals surface area contributed by atoms with Gasteiger partial charge >= 0.3 is 0 Å². The standard InChI is InChI=1S/C15H21NO2/c1-2-12-7-3-4-8-13(12)14(18)16-15(11-17)9-5-6-10-15/h3-4,7-8,17H,2,5-6,9-11H2,1H3,(H,16,18). The van der Waals surface area contributed by atoms with Crippen LogP contribution in [0, 0.1) is 0 Å². The molecule has 98 valence electrons. The molecule has 0 atom stereocenters. The fourth-order valence-electron chi connectivity index (χ4n) is 2.73. The molecule has 0 aliphatic heterocycles. The fourth-order valence-corrected chi connectivity index (χ4v) is 2.73. The summed E-state index contributed by atoms with van der Waals surface area (Å²) in [5.74, 6) is -0.0524. The normalized spacial score (nSPS) is 17.7. The Morgan fingerprint density at radius 1 is 1.33 bits per heavy atom. The SMILES string of the molecule is CCc1ccccc1C(=O)NC1(CO)CCCC1. The smallest absolute Gasteiger partial charge is 0.252 e. The first-order chi connectivity index (χ1) is 8.71. The van der Waals surface area contributed by atoms with E-state index in [4.69, 9.17) is 0 Å². The molecule has 0 bridgehead atoms. The molecule has 1 aromatic carbocycles. The highest BCUT2D eigenvalue weighted by molar-refractivity contribution is 5.96. The predicted molar refractivity (Wildman–Crippen MR) is 71.6 cm³/mol. The van der Waals surface area contributed by atoms with Gasteiger partial charge in [0.2, 0.25) is 0 Å². The molecule has 0 saturated heterocycles. The minimum absolute atomic E-state index is 0.0348. The maximum absolute atomic E-state index is 12.3. The van der Waals surface area contributed by atoms with Crippen LogP contribution in [0.3, 0.4) is 0 Å². The first kappa shape index (κ1) is 13.1. The van der Waals surface area contributed by atoms with Crippen molar-refractivity contribution in [1.29, 1.82) is 0 Å². The molecule has 0 aromatic heterocycles. The quantitative estimate of drug-likeness (QED) is 0.857. The first-order valence-electron chi connectivity index (χ1n) is 6.72. The van der Waals surface area contributed by atoms with Crippen molar-refractivity contribution in [2.75, 3.05) is 6.61 Å². The van der Waals surface area contributed by atoms with E-state index < -0.39 is 5.54 Å². The molecule has 1 aliphatic rings. The highest BCUT2D eigenvalue weighted by Crippen LogP contribution is 2.29. The van der Waals surface area contributed by atoms with Gasteiger partial charge in [-0.1, -0.05) is 38.0 Å². The van der Waals surface area contributed by atoms with Gasteiger partial charge in [-0.05, 0) is 30.9 Å². The Hall–Kier alpha value is -1.35. The zero-order chi connectivity index (χ0) is 13.0. The second kappa shape index (κ2) is 5.53. The number of nitrogens with one attached hydrogen (secondary N) is 1. The summed E-state index contributed by atoms with van der Waals surface area (Å²) in [7, 11) is 0. The lowest BCUT2D eigenvalue weighted by atomic mass is 9.97. The molecular weight excluding hydrogens is 226 g/mol. The van der Waals surface area contributed by atoms with E-state index in [1.54, 1.807) is 0 Å². The van der Waals surface area contributed by atoms with E-state index >= 15 is 0 Å². The van der Waals surface area contributed by atoms with Crippen molar-refractivity contribution in [3.63, 3.8) is 0 Å². The second-order valence-electron chi connectivity index (χ2n) is 5.11. The number of carbonyl (C=O) groups excluding carboxylic acids is 1. The Bertz CT molecular complexity index is 422. The van der Waals surface area contributed by atoms with Gasteiger partial charge in [0.15, 0.2) is 0 Å². The molecule has 1 amide bonds. The first-order valence-corrected chi connectivity index (χ1v) is 6.72. The Morgan fingerprint density at radius 2 is 2.00 bits per heavy atom. The van der Waals surface area contributed by atoms with Crippen molar-refractivity contribution in [3.05, 3.63) is 35.4 Å². The molecule has 18 heavy (non-hydrogen) atoms. The van der Waals surface area contributed by atoms with Crippen LogP contribution >= 0.6 is 0 Å². The van der Waals surface area contributed by atoms with E-state index in [9.17, 15) is 9.90 Å². The summed E-state index contributed by atoms with van der Waals surface area (Å²) in [6.45, 7) is 2.08. The number of hydrogen-bond donors (Lipinski definition) is 2. The molecule has 1 saturated carbocycles. The van der Waals surface area contributed by atoms with Crippen LogP contribution in [0.2, 0.25) is 0 Å². The number of rotatable bonds is 4. The predicted octanol–water partition coefficient (Wildman–Crippen LogP) is 2.28. The van der Waals surface area contributed by atoms with E-state index in [0.29, 0.717) is 0 Å². The third-order valence-corrected chi connectivity index (χ3v) is 3.88. The molecular formula is C15H21NO2. The van der Waals surface area contributed by atoms with Gasteiger partial charge in [-0.15, -0.1) is 0 Å². The maximum Gasteiger partial charge on any atom is 0.252 e. The molecule has 2 N–H and O–H groups in total. The van der Waals surface area contributed by atoms with Crippen molar-refractivity contribution in [2.24, 2.45) is 0 Å². The van der Waals surface area contributed by atoms with Gasteiger partial charge in [0.05, 0.1) is 12.1 Å². The average Bonchev–Trinajstić information content (AvgIpc) is 2.87. The third kappa shape index (κ3) is 2.56. The monoisotopic (exact) mass is 247 g/mol. The molecule has 1 fully saturated rings. The van der Waals surface area contributed by atoms with E-state index in [0.717, 1.165) is 43.2 Å². The zero-order valence-electron chi connectivity index (χ0n) is 10.9. The molecule has 3 nitrogen and oxygen atoms in total. The van der Waals surface area contributed by atoms with Crippen LogP contribution in [-0.2, 0) is 6.42 Å². The van der Waals surface area contributed by atoms with Crippen LogP contribution in [0.4, 0.5) is 0 Å². The van der Waals surface area contributed by atoms with Gasteiger partial charge < -0.3 is 10.4 Å². The fraction of sp³-hybridized carbons (Fsp3) is 0.533. The van der Waals surface area contributed by atoms with E-state index in [2.05, 4.69) is 5.32 Å². The molecule has 0 unspecified atom stereocenters. The third-order valence-electron chi connectivity index (χ3n) is 3.88. The lowest BCUT2D eigenvalue weighted by Gasteiger charge is -2.28. The summed E-state index contributed by atoms with van der Waals surface area (Å²) in [6, 6.07) is 7.67. The number of amides is 1. The highest BCUT2D eigenvalue weighted by Gasteiger charge is 2.35. The molecule has 1 aromatic rings. The number of aliphatic hydroxyl groups excluding tert-OH is 1. The summed E-state index contributed by atoms with van der Waals surface area (Å²) < 4.78 is 0. The van der Waals surface area contributed by atoms with Crippen molar-refractivity contribution in [1.82, 2.24) is 5.32 Å². The summed E-state index contributed by atoms with van der Waals surface area (Å²) >= 11 is 0. The molecule has 0 spiro atoms. The largest absolute Gasteiger partial charge is 0.394 e. The van der Waals surface area contributed by atoms with Gasteiger partial charge in [-0.3, -0.25) is 4.79 Å². The molecule has 2 rings (SSSR count). The van der Waals surface area contributed by atoms with Crippen molar-refractivity contribution in [3.8, 4) is 0 Å². The number of carbonyl (C=O) groups is 1. The van der Waals surface area contributed by atoms with E-state index in [1.165, 1.54) is 0 Å². The Balaban J connectivity index is 2.16. The number of aliphatic hydroxyl groups is 1. The zero-order valence-corrected chi connectivity index (χ0v) is 10.9. The minimum Gasteiger partial charge on any atom is -0.394 e. The summed E-state index contributed by atoms with van der Waals surface area (Å²) in [4.78, 5) is 12.3. The average molecular weight is 247 g/mol. The van der Waals surface area contributed by atoms with Gasteiger partial charge in [0.25, 0.3) is 5.91 Å². The van der Waals surface area contributed by atoms with Crippen molar-refractivity contribution < 1.29 is 9.90 Å². The summed E-state index contributed by atoms with van der Waals surface area (Å²) in [5, 5.41) is 12.6. The lowest BCUT2D eigenvalue weighted by molar-refractivity contribution is 0.0837. The van der Waals surface area contributed by atoms with Crippen LogP contribution in [0.25, 0.3) is 0 Å². The number of hydrogen-bond acceptors (Lipinski definition) is 2. The lowest BCUT2D eigenvalue weighted by Crippen LogP contribution is -2.49. The van der Waals surface area contributed by atoms with E-state index in [1.807, 2.05) is 31.2 Å². The van der Waals surface area contributed by atoms with Gasteiger partial charge in [0, 0.05) is 5.56 Å². The van der Waals surface area contributed by atoms with Gasteiger partial charge in [0.1, 0.15) is 0 Å². The Labute approximate surface area is 108 Å². The number of aryl methyl sites for hydroxylation is 1. The number of benzene rings is 1. The summed E-state index contributed by atoms with van der Waals surface area (Å²) in [5.41, 5.74) is 1.40. The second-order valence-corrected chi connectivity index (χ2v) is 5.11. The Kier molecular flexibility index (Phi) is 4.02. The van der Waals surface area contributed by atoms with Gasteiger partial charge in [-0.2, -0.15) is 0 Å². The molecule has 0 radical (unpaired) electrons. The van der Waals surface area contributed by atoms with Crippen molar-refractivity contribution in [2.45, 2.75) is 44.6 Å². The Morgan fingerprint density at radius 3 is 2.61 bits per heavy atom. The minimum atomic E-state index is -0.391. The maximum atomic E-state index is 12.3. The van der Waals surface area contributed by atoms with E-state index in [-0.39, 0.29) is 12.5 Å². The van der Waals surface area contributed by atoms with Crippen LogP contribution in [0.5, 0.6) is 0 Å². The molecule has 1 aliphatic carbocycles. The summed E-state index contributed by atoms with van der Waals surface area (Å²) in [6.07, 6.45) is 4.76. The van der Waals surface area contributed by atoms with Crippen LogP contribution in [0.15, 0.2) is 24.3 Å². The van der Waals surface area contributed by atoms with Crippen molar-refractivity contribution >= 4 is 5.91 Å². The van der Waals surface area contributed by atoms with Crippen LogP contribution < -0.4 is 5.32 Å². The van der Waals surface area contributed by atoms with Gasteiger partial charge in [-0.25, -0.2) is 0 Å². The highest BCUT2D eigenvalue weighted by atomic mass is 16.3. The molecule has 0 heterocycles. The van der Waals surface area contributed by atoms with Crippen LogP contribution in [-0.4, -0.2) is 23.2 Å². The topological polar surface area (TPSA) is 49.3 Å².